The summed E-state index contributed by atoms with van der Waals surface area (Å²) in [6.45, 7) is 0. The lowest BCUT2D eigenvalue weighted by molar-refractivity contribution is -0.143. The van der Waals surface area contributed by atoms with Crippen molar-refractivity contribution in [3.05, 3.63) is 0 Å². The summed E-state index contributed by atoms with van der Waals surface area (Å²) in [4.78, 5) is 0. The van der Waals surface area contributed by atoms with E-state index in [1.165, 1.54) is 35.5 Å². The molecule has 0 spiro atoms. The van der Waals surface area contributed by atoms with E-state index in [4.69, 9.17) is 0 Å². The van der Waals surface area contributed by atoms with E-state index in [1.54, 1.807) is 25.7 Å². The first kappa shape index (κ1) is 4.79. The molecule has 0 aliphatic heterocycles. The molecule has 0 nitrogen and oxygen atoms in total. The number of rotatable bonds is 0. The molecular weight excluding hydrogens is 120 g/mol. The standard InChI is InChI=1S/C10H14/c1-5-2-7-8(3-5)10-6(1)4-9(7)10/h5-10H,1-4H2. The van der Waals surface area contributed by atoms with Crippen LogP contribution >= 0.6 is 0 Å². The van der Waals surface area contributed by atoms with E-state index in [2.05, 4.69) is 0 Å². The summed E-state index contributed by atoms with van der Waals surface area (Å²) in [5.74, 6) is 7.44. The van der Waals surface area contributed by atoms with Crippen LogP contribution in [0, 0.1) is 35.5 Å². The van der Waals surface area contributed by atoms with E-state index < -0.39 is 0 Å². The molecule has 6 unspecified atom stereocenters. The minimum Gasteiger partial charge on any atom is -0.0473 e. The first-order valence-corrected chi connectivity index (χ1v) is 4.93. The van der Waals surface area contributed by atoms with Crippen LogP contribution in [-0.2, 0) is 0 Å². The Morgan fingerprint density at radius 2 is 1.50 bits per heavy atom. The zero-order valence-corrected chi connectivity index (χ0v) is 6.29. The highest BCUT2D eigenvalue weighted by Gasteiger charge is 2.66. The maximum atomic E-state index is 1.64. The van der Waals surface area contributed by atoms with E-state index in [0.29, 0.717) is 0 Å². The summed E-state index contributed by atoms with van der Waals surface area (Å²) in [5.41, 5.74) is 0. The maximum Gasteiger partial charge on any atom is -0.0323 e. The van der Waals surface area contributed by atoms with Crippen LogP contribution in [0.15, 0.2) is 0 Å². The summed E-state index contributed by atoms with van der Waals surface area (Å²) < 4.78 is 0. The van der Waals surface area contributed by atoms with Crippen molar-refractivity contribution in [1.82, 2.24) is 0 Å². The fourth-order valence-electron chi connectivity index (χ4n) is 4.82. The van der Waals surface area contributed by atoms with Gasteiger partial charge in [-0.1, -0.05) is 0 Å². The van der Waals surface area contributed by atoms with Crippen LogP contribution in [0.5, 0.6) is 0 Å². The topological polar surface area (TPSA) is 0 Å². The number of fused-ring (bicyclic) bond motifs is 2. The zero-order chi connectivity index (χ0) is 6.29. The molecule has 0 saturated heterocycles. The molecule has 10 heavy (non-hydrogen) atoms. The van der Waals surface area contributed by atoms with Crippen molar-refractivity contribution in [1.29, 1.82) is 0 Å². The van der Waals surface area contributed by atoms with Crippen LogP contribution in [0.3, 0.4) is 0 Å². The largest absolute Gasteiger partial charge is 0.0473 e. The SMILES string of the molecule is C1C2CC3C(C2)C2C1CC32. The lowest BCUT2D eigenvalue weighted by Gasteiger charge is -2.62. The van der Waals surface area contributed by atoms with Gasteiger partial charge in [0, 0.05) is 0 Å². The van der Waals surface area contributed by atoms with Crippen molar-refractivity contribution in [2.45, 2.75) is 25.7 Å². The average Bonchev–Trinajstić information content (AvgIpc) is 2.10. The fourth-order valence-corrected chi connectivity index (χ4v) is 4.82. The minimum atomic E-state index is 1.20. The predicted octanol–water partition coefficient (Wildman–Crippen LogP) is 2.30. The van der Waals surface area contributed by atoms with Gasteiger partial charge in [0.2, 0.25) is 0 Å². The van der Waals surface area contributed by atoms with Crippen LogP contribution in [0.2, 0.25) is 0 Å². The molecule has 0 amide bonds. The van der Waals surface area contributed by atoms with Gasteiger partial charge in [-0.2, -0.15) is 0 Å². The molecule has 4 aliphatic rings. The van der Waals surface area contributed by atoms with E-state index in [1.807, 2.05) is 0 Å². The molecule has 0 aromatic rings. The Kier molecular flexibility index (Phi) is 0.570. The summed E-state index contributed by atoms with van der Waals surface area (Å²) in [5, 5.41) is 0. The van der Waals surface area contributed by atoms with Crippen LogP contribution in [-0.4, -0.2) is 0 Å². The second-order valence-corrected chi connectivity index (χ2v) is 5.14. The van der Waals surface area contributed by atoms with Crippen molar-refractivity contribution in [3.63, 3.8) is 0 Å². The molecule has 0 aromatic heterocycles. The molecule has 4 saturated carbocycles. The zero-order valence-electron chi connectivity index (χ0n) is 6.29. The Bertz CT molecular complexity index is 183. The lowest BCUT2D eigenvalue weighted by atomic mass is 9.42. The smallest absolute Gasteiger partial charge is 0.0323 e. The molecule has 4 aliphatic carbocycles. The Balaban J connectivity index is 1.86. The second-order valence-electron chi connectivity index (χ2n) is 5.14. The third-order valence-electron chi connectivity index (χ3n) is 5.05. The van der Waals surface area contributed by atoms with Crippen LogP contribution in [0.4, 0.5) is 0 Å². The van der Waals surface area contributed by atoms with E-state index in [0.717, 1.165) is 0 Å². The first-order chi connectivity index (χ1) is 4.93. The third kappa shape index (κ3) is 0.302. The van der Waals surface area contributed by atoms with Gasteiger partial charge < -0.3 is 0 Å². The van der Waals surface area contributed by atoms with E-state index in [9.17, 15) is 0 Å². The van der Waals surface area contributed by atoms with Gasteiger partial charge in [-0.25, -0.2) is 0 Å². The summed E-state index contributed by atoms with van der Waals surface area (Å²) in [7, 11) is 0. The van der Waals surface area contributed by atoms with Crippen molar-refractivity contribution in [3.8, 4) is 0 Å². The molecule has 0 radical (unpaired) electrons. The Labute approximate surface area is 62.0 Å². The van der Waals surface area contributed by atoms with Gasteiger partial charge in [0.15, 0.2) is 0 Å². The molecule has 0 heterocycles. The van der Waals surface area contributed by atoms with Crippen molar-refractivity contribution in [2.24, 2.45) is 35.5 Å². The highest BCUT2D eigenvalue weighted by molar-refractivity contribution is 5.15. The van der Waals surface area contributed by atoms with Crippen LogP contribution in [0.25, 0.3) is 0 Å². The normalized spacial score (nSPS) is 74.4. The fraction of sp³-hybridized carbons (Fsp3) is 1.00. The summed E-state index contributed by atoms with van der Waals surface area (Å²) >= 11 is 0. The van der Waals surface area contributed by atoms with Gasteiger partial charge in [0.05, 0.1) is 0 Å². The van der Waals surface area contributed by atoms with Gasteiger partial charge in [-0.3, -0.25) is 0 Å². The highest BCUT2D eigenvalue weighted by Crippen LogP contribution is 2.73. The molecule has 54 valence electrons. The van der Waals surface area contributed by atoms with Gasteiger partial charge in [0.25, 0.3) is 0 Å². The van der Waals surface area contributed by atoms with Crippen LogP contribution < -0.4 is 0 Å². The van der Waals surface area contributed by atoms with E-state index in [-0.39, 0.29) is 0 Å². The molecule has 0 N–H and O–H groups in total. The van der Waals surface area contributed by atoms with Gasteiger partial charge >= 0.3 is 0 Å². The predicted molar refractivity (Wildman–Crippen MR) is 39.4 cm³/mol. The maximum absolute atomic E-state index is 1.64. The van der Waals surface area contributed by atoms with Gasteiger partial charge in [-0.15, -0.1) is 0 Å². The molecular formula is C10H14. The van der Waals surface area contributed by atoms with Gasteiger partial charge in [-0.05, 0) is 61.2 Å². The molecule has 4 rings (SSSR count). The Morgan fingerprint density at radius 1 is 0.700 bits per heavy atom. The molecule has 4 fully saturated rings. The Morgan fingerprint density at radius 3 is 2.50 bits per heavy atom. The number of hydrogen-bond acceptors (Lipinski definition) is 0. The quantitative estimate of drug-likeness (QED) is 0.477. The van der Waals surface area contributed by atoms with Crippen molar-refractivity contribution in [2.75, 3.05) is 0 Å². The summed E-state index contributed by atoms with van der Waals surface area (Å²) in [6, 6.07) is 0. The van der Waals surface area contributed by atoms with Gasteiger partial charge in [0.1, 0.15) is 0 Å². The van der Waals surface area contributed by atoms with Crippen molar-refractivity contribution < 1.29 is 0 Å². The molecule has 0 aromatic carbocycles. The van der Waals surface area contributed by atoms with Crippen molar-refractivity contribution >= 4 is 0 Å². The number of hydrogen-bond donors (Lipinski definition) is 0. The average molecular weight is 134 g/mol. The second kappa shape index (κ2) is 1.19. The van der Waals surface area contributed by atoms with Crippen LogP contribution in [0.1, 0.15) is 25.7 Å². The minimum absolute atomic E-state index is 1.20. The Hall–Kier alpha value is 0. The molecule has 0 heteroatoms. The van der Waals surface area contributed by atoms with E-state index >= 15 is 0 Å². The molecule has 6 atom stereocenters. The lowest BCUT2D eigenvalue weighted by Crippen LogP contribution is -2.56. The highest BCUT2D eigenvalue weighted by atomic mass is 14.7. The molecule has 2 bridgehead atoms. The first-order valence-electron chi connectivity index (χ1n) is 4.93. The summed E-state index contributed by atoms with van der Waals surface area (Å²) in [6.07, 6.45) is 6.56. The third-order valence-corrected chi connectivity index (χ3v) is 5.05. The monoisotopic (exact) mass is 134 g/mol.